The van der Waals surface area contributed by atoms with Crippen LogP contribution in [0.25, 0.3) is 6.08 Å². The van der Waals surface area contributed by atoms with Crippen LogP contribution in [0.4, 0.5) is 4.39 Å². The molecule has 1 aliphatic carbocycles. The van der Waals surface area contributed by atoms with E-state index in [2.05, 4.69) is 30.8 Å². The normalized spacial score (nSPS) is 15.4. The van der Waals surface area contributed by atoms with Gasteiger partial charge in [0.1, 0.15) is 11.6 Å². The van der Waals surface area contributed by atoms with E-state index in [4.69, 9.17) is 4.43 Å². The lowest BCUT2D eigenvalue weighted by molar-refractivity contribution is -0.114. The maximum absolute atomic E-state index is 13.2. The molecule has 0 atom stereocenters. The number of carbonyl (C=O) groups is 1. The number of halogens is 1. The number of hydrogen-bond donors (Lipinski definition) is 0. The van der Waals surface area contributed by atoms with Crippen LogP contribution in [0.15, 0.2) is 102 Å². The van der Waals surface area contributed by atoms with Crippen molar-refractivity contribution in [3.63, 3.8) is 0 Å². The van der Waals surface area contributed by atoms with Gasteiger partial charge in [0.2, 0.25) is 0 Å². The molecular formula is C25H21FO2Si. The molecule has 0 fully saturated rings. The lowest BCUT2D eigenvalue weighted by Crippen LogP contribution is -2.58. The smallest absolute Gasteiger partial charge is 0.311 e. The molecule has 0 spiro atoms. The zero-order valence-corrected chi connectivity index (χ0v) is 17.1. The van der Waals surface area contributed by atoms with Gasteiger partial charge in [-0.1, -0.05) is 72.8 Å². The van der Waals surface area contributed by atoms with Crippen LogP contribution < -0.4 is 10.4 Å². The Hall–Kier alpha value is -3.24. The van der Waals surface area contributed by atoms with Crippen molar-refractivity contribution in [1.82, 2.24) is 0 Å². The van der Waals surface area contributed by atoms with Crippen molar-refractivity contribution in [1.29, 1.82) is 0 Å². The predicted octanol–water partition coefficient (Wildman–Crippen LogP) is 4.47. The highest BCUT2D eigenvalue weighted by molar-refractivity contribution is 6.96. The van der Waals surface area contributed by atoms with Gasteiger partial charge in [0, 0.05) is 6.42 Å². The molecule has 0 radical (unpaired) electrons. The van der Waals surface area contributed by atoms with Gasteiger partial charge in [0.05, 0.1) is 5.57 Å². The minimum Gasteiger partial charge on any atom is -0.535 e. The topological polar surface area (TPSA) is 26.3 Å². The summed E-state index contributed by atoms with van der Waals surface area (Å²) in [5.41, 5.74) is 1.32. The number of hydrogen-bond acceptors (Lipinski definition) is 2. The molecule has 3 aromatic carbocycles. The molecule has 0 saturated carbocycles. The van der Waals surface area contributed by atoms with Crippen LogP contribution in [-0.2, 0) is 9.22 Å². The first-order valence-corrected chi connectivity index (χ1v) is 12.0. The van der Waals surface area contributed by atoms with Gasteiger partial charge in [0.25, 0.3) is 0 Å². The van der Waals surface area contributed by atoms with E-state index in [0.717, 1.165) is 15.9 Å². The van der Waals surface area contributed by atoms with Crippen molar-refractivity contribution in [2.24, 2.45) is 0 Å². The number of benzene rings is 3. The molecule has 4 rings (SSSR count). The average molecular weight is 401 g/mol. The Morgan fingerprint density at radius 2 is 1.41 bits per heavy atom. The molecule has 1 aliphatic rings. The lowest BCUT2D eigenvalue weighted by Gasteiger charge is -2.30. The van der Waals surface area contributed by atoms with Crippen molar-refractivity contribution < 1.29 is 13.6 Å². The van der Waals surface area contributed by atoms with Crippen LogP contribution in [0.1, 0.15) is 12.0 Å². The van der Waals surface area contributed by atoms with E-state index in [1.165, 1.54) is 12.1 Å². The first-order valence-electron chi connectivity index (χ1n) is 9.57. The highest BCUT2D eigenvalue weighted by Crippen LogP contribution is 2.28. The van der Waals surface area contributed by atoms with Gasteiger partial charge in [0.15, 0.2) is 5.78 Å². The second-order valence-electron chi connectivity index (χ2n) is 7.17. The maximum Gasteiger partial charge on any atom is 0.311 e. The number of allylic oxidation sites excluding steroid dienone is 2. The predicted molar refractivity (Wildman–Crippen MR) is 117 cm³/mol. The molecule has 0 aliphatic heterocycles. The van der Waals surface area contributed by atoms with Crippen LogP contribution in [-0.4, -0.2) is 14.1 Å². The summed E-state index contributed by atoms with van der Waals surface area (Å²) in [5.74, 6) is 0.327. The van der Waals surface area contributed by atoms with Crippen LogP contribution in [0, 0.1) is 5.82 Å². The maximum atomic E-state index is 13.2. The fourth-order valence-electron chi connectivity index (χ4n) is 3.53. The van der Waals surface area contributed by atoms with Crippen LogP contribution in [0.2, 0.25) is 6.55 Å². The van der Waals surface area contributed by atoms with Gasteiger partial charge in [-0.25, -0.2) is 4.39 Å². The molecule has 29 heavy (non-hydrogen) atoms. The third kappa shape index (κ3) is 3.98. The summed E-state index contributed by atoms with van der Waals surface area (Å²) >= 11 is 0. The Morgan fingerprint density at radius 1 is 0.862 bits per heavy atom. The monoisotopic (exact) mass is 400 g/mol. The van der Waals surface area contributed by atoms with E-state index >= 15 is 0 Å². The molecular weight excluding hydrogens is 379 g/mol. The van der Waals surface area contributed by atoms with Crippen LogP contribution >= 0.6 is 0 Å². The molecule has 2 nitrogen and oxygen atoms in total. The van der Waals surface area contributed by atoms with E-state index in [0.29, 0.717) is 17.8 Å². The van der Waals surface area contributed by atoms with Gasteiger partial charge in [-0.2, -0.15) is 0 Å². The van der Waals surface area contributed by atoms with E-state index in [9.17, 15) is 9.18 Å². The largest absolute Gasteiger partial charge is 0.535 e. The Balaban J connectivity index is 1.74. The van der Waals surface area contributed by atoms with Gasteiger partial charge in [-0.15, -0.1) is 0 Å². The summed E-state index contributed by atoms with van der Waals surface area (Å²) in [7, 11) is -2.59. The van der Waals surface area contributed by atoms with Crippen molar-refractivity contribution in [2.45, 2.75) is 13.0 Å². The highest BCUT2D eigenvalue weighted by atomic mass is 28.4. The lowest BCUT2D eigenvalue weighted by atomic mass is 10.1. The van der Waals surface area contributed by atoms with E-state index in [-0.39, 0.29) is 11.6 Å². The Labute approximate surface area is 171 Å². The first-order chi connectivity index (χ1) is 14.1. The number of Topliss-reactive ketones (excluding diaryl/α,β-unsaturated/α-hetero) is 1. The zero-order chi connectivity index (χ0) is 20.3. The Bertz CT molecular complexity index is 1030. The molecule has 0 unspecified atom stereocenters. The second kappa shape index (κ2) is 8.01. The Morgan fingerprint density at radius 3 is 1.97 bits per heavy atom. The van der Waals surface area contributed by atoms with Gasteiger partial charge >= 0.3 is 8.32 Å². The first kappa shape index (κ1) is 19.1. The van der Waals surface area contributed by atoms with Gasteiger partial charge in [-0.05, 0) is 46.8 Å². The van der Waals surface area contributed by atoms with E-state index < -0.39 is 8.32 Å². The fraction of sp³-hybridized carbons (Fsp3) is 0.0800. The second-order valence-corrected chi connectivity index (χ2v) is 10.6. The van der Waals surface area contributed by atoms with Crippen molar-refractivity contribution in [2.75, 3.05) is 0 Å². The summed E-state index contributed by atoms with van der Waals surface area (Å²) in [4.78, 5) is 12.6. The third-order valence-corrected chi connectivity index (χ3v) is 8.68. The standard InChI is InChI=1S/C25H21FO2Si/c1-29(21-8-4-2-5-9-21,22-10-6-3-7-11-22)28-25-17-16-24(27)23(25)18-19-12-14-20(26)15-13-19/h2-15,17-18H,16H2,1H3. The zero-order valence-electron chi connectivity index (χ0n) is 16.1. The van der Waals surface area contributed by atoms with Crippen molar-refractivity contribution in [3.8, 4) is 0 Å². The molecule has 0 N–H and O–H groups in total. The minimum atomic E-state index is -2.59. The molecule has 0 amide bonds. The number of carbonyl (C=O) groups excluding carboxylic acids is 1. The highest BCUT2D eigenvalue weighted by Gasteiger charge is 2.38. The van der Waals surface area contributed by atoms with E-state index in [1.54, 1.807) is 18.2 Å². The number of rotatable bonds is 5. The quantitative estimate of drug-likeness (QED) is 0.467. The molecule has 144 valence electrons. The van der Waals surface area contributed by atoms with Gasteiger partial charge < -0.3 is 4.43 Å². The summed E-state index contributed by atoms with van der Waals surface area (Å²) in [6.45, 7) is 2.15. The van der Waals surface area contributed by atoms with Crippen LogP contribution in [0.5, 0.6) is 0 Å². The molecule has 0 bridgehead atoms. The fourth-order valence-corrected chi connectivity index (χ4v) is 6.39. The van der Waals surface area contributed by atoms with Crippen molar-refractivity contribution >= 4 is 30.6 Å². The third-order valence-electron chi connectivity index (χ3n) is 5.18. The Kier molecular flexibility index (Phi) is 5.27. The molecule has 4 heteroatoms. The summed E-state index contributed by atoms with van der Waals surface area (Å²) in [5, 5.41) is 2.26. The molecule has 0 aromatic heterocycles. The minimum absolute atomic E-state index is 0.0156. The average Bonchev–Trinajstić information content (AvgIpc) is 3.10. The molecule has 3 aromatic rings. The SMILES string of the molecule is C[Si](OC1=CCC(=O)C1=Cc1ccc(F)cc1)(c1ccccc1)c1ccccc1. The molecule has 0 heterocycles. The summed E-state index contributed by atoms with van der Waals surface area (Å²) in [6.07, 6.45) is 3.96. The van der Waals surface area contributed by atoms with Crippen molar-refractivity contribution in [3.05, 3.63) is 114 Å². The summed E-state index contributed by atoms with van der Waals surface area (Å²) in [6, 6.07) is 26.5. The van der Waals surface area contributed by atoms with E-state index in [1.807, 2.05) is 42.5 Å². The van der Waals surface area contributed by atoms with Gasteiger partial charge in [-0.3, -0.25) is 4.79 Å². The summed E-state index contributed by atoms with van der Waals surface area (Å²) < 4.78 is 19.9. The number of ketones is 1. The van der Waals surface area contributed by atoms with Crippen LogP contribution in [0.3, 0.4) is 0 Å². The molecule has 0 saturated heterocycles.